The van der Waals surface area contributed by atoms with Gasteiger partial charge in [-0.15, -0.1) is 0 Å². The summed E-state index contributed by atoms with van der Waals surface area (Å²) in [6.07, 6.45) is 10.2. The summed E-state index contributed by atoms with van der Waals surface area (Å²) in [5.41, 5.74) is -0.874. The van der Waals surface area contributed by atoms with Crippen LogP contribution in [0.2, 0.25) is 0 Å². The zero-order valence-electron chi connectivity index (χ0n) is 9.03. The van der Waals surface area contributed by atoms with Crippen molar-refractivity contribution in [3.05, 3.63) is 0 Å². The number of halogens is 1. The van der Waals surface area contributed by atoms with Crippen molar-refractivity contribution in [2.75, 3.05) is 6.54 Å². The molecule has 0 saturated heterocycles. The Labute approximate surface area is 86.5 Å². The molecule has 14 heavy (non-hydrogen) atoms. The predicted molar refractivity (Wildman–Crippen MR) is 57.2 cm³/mol. The van der Waals surface area contributed by atoms with E-state index in [4.69, 9.17) is 0 Å². The van der Waals surface area contributed by atoms with Crippen LogP contribution in [0.3, 0.4) is 0 Å². The molecule has 0 radical (unpaired) electrons. The monoisotopic (exact) mass is 199 g/mol. The summed E-state index contributed by atoms with van der Waals surface area (Å²) < 4.78 is 14.2. The van der Waals surface area contributed by atoms with E-state index in [1.54, 1.807) is 0 Å². The quantitative estimate of drug-likeness (QED) is 0.736. The van der Waals surface area contributed by atoms with Crippen LogP contribution in [0.15, 0.2) is 0 Å². The van der Waals surface area contributed by atoms with Crippen LogP contribution in [0.1, 0.15) is 57.8 Å². The van der Waals surface area contributed by atoms with E-state index in [2.05, 4.69) is 5.32 Å². The SMILES string of the molecule is FC1(CNC2CCCC2)CCCCC1. The van der Waals surface area contributed by atoms with Gasteiger partial charge in [-0.25, -0.2) is 4.39 Å². The van der Waals surface area contributed by atoms with Crippen LogP contribution in [0.25, 0.3) is 0 Å². The van der Waals surface area contributed by atoms with Crippen molar-refractivity contribution in [2.24, 2.45) is 0 Å². The number of hydrogen-bond acceptors (Lipinski definition) is 1. The summed E-state index contributed by atoms with van der Waals surface area (Å²) >= 11 is 0. The first-order chi connectivity index (χ1) is 6.79. The molecule has 0 unspecified atom stereocenters. The zero-order chi connectivity index (χ0) is 9.86. The highest BCUT2D eigenvalue weighted by Gasteiger charge is 2.32. The van der Waals surface area contributed by atoms with Crippen molar-refractivity contribution in [3.8, 4) is 0 Å². The van der Waals surface area contributed by atoms with Crippen molar-refractivity contribution in [2.45, 2.75) is 69.5 Å². The van der Waals surface area contributed by atoms with E-state index in [1.165, 1.54) is 32.1 Å². The Balaban J connectivity index is 1.72. The Bertz CT molecular complexity index is 169. The molecule has 0 atom stereocenters. The molecule has 0 aromatic heterocycles. The molecule has 0 aliphatic heterocycles. The summed E-state index contributed by atoms with van der Waals surface area (Å²) in [5.74, 6) is 0. The number of hydrogen-bond donors (Lipinski definition) is 1. The first-order valence-electron chi connectivity index (χ1n) is 6.21. The lowest BCUT2D eigenvalue weighted by atomic mass is 9.86. The molecular weight excluding hydrogens is 177 g/mol. The zero-order valence-corrected chi connectivity index (χ0v) is 9.03. The highest BCUT2D eigenvalue weighted by Crippen LogP contribution is 2.31. The Hall–Kier alpha value is -0.110. The van der Waals surface area contributed by atoms with Gasteiger partial charge in [-0.3, -0.25) is 0 Å². The molecule has 1 N–H and O–H groups in total. The maximum absolute atomic E-state index is 14.2. The molecule has 2 saturated carbocycles. The number of rotatable bonds is 3. The van der Waals surface area contributed by atoms with Crippen LogP contribution in [0, 0.1) is 0 Å². The van der Waals surface area contributed by atoms with Gasteiger partial charge >= 0.3 is 0 Å². The van der Waals surface area contributed by atoms with E-state index in [9.17, 15) is 4.39 Å². The molecule has 2 aliphatic rings. The Morgan fingerprint density at radius 1 is 1.00 bits per heavy atom. The van der Waals surface area contributed by atoms with Gasteiger partial charge in [-0.05, 0) is 25.7 Å². The molecule has 0 spiro atoms. The molecular formula is C12H22FN. The lowest BCUT2D eigenvalue weighted by molar-refractivity contribution is 0.102. The minimum absolute atomic E-state index is 0.609. The second-order valence-corrected chi connectivity index (χ2v) is 5.07. The second-order valence-electron chi connectivity index (χ2n) is 5.07. The molecule has 0 heterocycles. The molecule has 0 bridgehead atoms. The van der Waals surface area contributed by atoms with Crippen LogP contribution < -0.4 is 5.32 Å². The molecule has 0 aromatic carbocycles. The third-order valence-corrected chi connectivity index (χ3v) is 3.81. The van der Waals surface area contributed by atoms with Gasteiger partial charge in [0.2, 0.25) is 0 Å². The van der Waals surface area contributed by atoms with Gasteiger partial charge in [0.25, 0.3) is 0 Å². The third kappa shape index (κ3) is 2.69. The van der Waals surface area contributed by atoms with Gasteiger partial charge in [0.1, 0.15) is 5.67 Å². The van der Waals surface area contributed by atoms with E-state index in [0.29, 0.717) is 12.6 Å². The fraction of sp³-hybridized carbons (Fsp3) is 1.00. The molecule has 2 aliphatic carbocycles. The highest BCUT2D eigenvalue weighted by atomic mass is 19.1. The Morgan fingerprint density at radius 3 is 2.29 bits per heavy atom. The lowest BCUT2D eigenvalue weighted by Crippen LogP contribution is -2.41. The van der Waals surface area contributed by atoms with Crippen LogP contribution in [-0.4, -0.2) is 18.3 Å². The molecule has 0 amide bonds. The van der Waals surface area contributed by atoms with Gasteiger partial charge < -0.3 is 5.32 Å². The van der Waals surface area contributed by atoms with E-state index >= 15 is 0 Å². The van der Waals surface area contributed by atoms with Gasteiger partial charge in [-0.2, -0.15) is 0 Å². The summed E-state index contributed by atoms with van der Waals surface area (Å²) in [5, 5.41) is 3.42. The van der Waals surface area contributed by atoms with Crippen LogP contribution in [0.5, 0.6) is 0 Å². The summed E-state index contributed by atoms with van der Waals surface area (Å²) in [4.78, 5) is 0. The summed E-state index contributed by atoms with van der Waals surface area (Å²) in [7, 11) is 0. The highest BCUT2D eigenvalue weighted by molar-refractivity contribution is 4.87. The van der Waals surface area contributed by atoms with Crippen LogP contribution in [-0.2, 0) is 0 Å². The van der Waals surface area contributed by atoms with Gasteiger partial charge in [0, 0.05) is 12.6 Å². The third-order valence-electron chi connectivity index (χ3n) is 3.81. The van der Waals surface area contributed by atoms with Crippen molar-refractivity contribution in [1.29, 1.82) is 0 Å². The molecule has 2 heteroatoms. The fourth-order valence-corrected chi connectivity index (χ4v) is 2.82. The molecule has 0 aromatic rings. The van der Waals surface area contributed by atoms with E-state index < -0.39 is 5.67 Å². The summed E-state index contributed by atoms with van der Waals surface area (Å²) in [6, 6.07) is 0.615. The minimum atomic E-state index is -0.874. The maximum atomic E-state index is 14.2. The molecule has 2 rings (SSSR count). The topological polar surface area (TPSA) is 12.0 Å². The Kier molecular flexibility index (Phi) is 3.42. The summed E-state index contributed by atoms with van der Waals surface area (Å²) in [6.45, 7) is 0.609. The van der Waals surface area contributed by atoms with Crippen molar-refractivity contribution >= 4 is 0 Å². The second kappa shape index (κ2) is 4.61. The average molecular weight is 199 g/mol. The molecule has 82 valence electrons. The number of nitrogens with one attached hydrogen (secondary N) is 1. The maximum Gasteiger partial charge on any atom is 0.123 e. The van der Waals surface area contributed by atoms with Crippen LogP contribution >= 0.6 is 0 Å². The first kappa shape index (κ1) is 10.4. The minimum Gasteiger partial charge on any atom is -0.311 e. The molecule has 2 fully saturated rings. The van der Waals surface area contributed by atoms with Crippen molar-refractivity contribution < 1.29 is 4.39 Å². The van der Waals surface area contributed by atoms with E-state index in [1.807, 2.05) is 0 Å². The first-order valence-corrected chi connectivity index (χ1v) is 6.21. The average Bonchev–Trinajstić information content (AvgIpc) is 2.69. The fourth-order valence-electron chi connectivity index (χ4n) is 2.82. The standard InChI is InChI=1S/C12H22FN/c13-12(8-4-1-5-9-12)10-14-11-6-2-3-7-11/h11,14H,1-10H2. The van der Waals surface area contributed by atoms with Crippen molar-refractivity contribution in [1.82, 2.24) is 5.32 Å². The number of alkyl halides is 1. The Morgan fingerprint density at radius 2 is 1.64 bits per heavy atom. The van der Waals surface area contributed by atoms with Gasteiger partial charge in [0.15, 0.2) is 0 Å². The van der Waals surface area contributed by atoms with E-state index in [-0.39, 0.29) is 0 Å². The van der Waals surface area contributed by atoms with Gasteiger partial charge in [0.05, 0.1) is 0 Å². The predicted octanol–water partition coefficient (Wildman–Crippen LogP) is 3.19. The van der Waals surface area contributed by atoms with Gasteiger partial charge in [-0.1, -0.05) is 32.1 Å². The van der Waals surface area contributed by atoms with E-state index in [0.717, 1.165) is 25.7 Å². The van der Waals surface area contributed by atoms with Crippen molar-refractivity contribution in [3.63, 3.8) is 0 Å². The lowest BCUT2D eigenvalue weighted by Gasteiger charge is -2.30. The largest absolute Gasteiger partial charge is 0.311 e. The normalized spacial score (nSPS) is 28.1. The smallest absolute Gasteiger partial charge is 0.123 e. The van der Waals surface area contributed by atoms with Crippen LogP contribution in [0.4, 0.5) is 4.39 Å². The molecule has 1 nitrogen and oxygen atoms in total.